The van der Waals surface area contributed by atoms with Crippen LogP contribution in [0.3, 0.4) is 0 Å². The molecule has 0 saturated heterocycles. The van der Waals surface area contributed by atoms with Gasteiger partial charge in [-0.05, 0) is 18.6 Å². The zero-order chi connectivity index (χ0) is 11.4. The first-order valence-corrected chi connectivity index (χ1v) is 5.35. The van der Waals surface area contributed by atoms with E-state index >= 15 is 0 Å². The van der Waals surface area contributed by atoms with Crippen LogP contribution in [0.5, 0.6) is 0 Å². The van der Waals surface area contributed by atoms with Crippen LogP contribution >= 0.6 is 0 Å². The van der Waals surface area contributed by atoms with E-state index < -0.39 is 0 Å². The van der Waals surface area contributed by atoms with E-state index in [0.29, 0.717) is 0 Å². The Morgan fingerprint density at radius 1 is 1.31 bits per heavy atom. The standard InChI is InChI=1S/C14H14O2/c1-11-9-13(16-14(15)10-11)8-7-12-5-3-2-4-6-12/h2-8,10,13H,9H2,1H3. The third kappa shape index (κ3) is 2.83. The Bertz CT molecular complexity index is 429. The average molecular weight is 214 g/mol. The highest BCUT2D eigenvalue weighted by Gasteiger charge is 2.16. The molecule has 2 rings (SSSR count). The lowest BCUT2D eigenvalue weighted by molar-refractivity contribution is -0.141. The Hall–Kier alpha value is -1.83. The molecule has 2 nitrogen and oxygen atoms in total. The average Bonchev–Trinajstić information content (AvgIpc) is 2.27. The number of benzene rings is 1. The van der Waals surface area contributed by atoms with Gasteiger partial charge in [-0.2, -0.15) is 0 Å². The van der Waals surface area contributed by atoms with Gasteiger partial charge in [0.15, 0.2) is 0 Å². The first kappa shape index (κ1) is 10.7. The maximum atomic E-state index is 11.2. The molecule has 0 spiro atoms. The molecule has 2 heteroatoms. The first-order valence-electron chi connectivity index (χ1n) is 5.35. The van der Waals surface area contributed by atoms with Crippen molar-refractivity contribution in [2.75, 3.05) is 0 Å². The minimum absolute atomic E-state index is 0.127. The summed E-state index contributed by atoms with van der Waals surface area (Å²) in [6, 6.07) is 9.98. The number of hydrogen-bond donors (Lipinski definition) is 0. The summed E-state index contributed by atoms with van der Waals surface area (Å²) in [6.07, 6.45) is 6.13. The summed E-state index contributed by atoms with van der Waals surface area (Å²) in [4.78, 5) is 11.2. The maximum absolute atomic E-state index is 11.2. The van der Waals surface area contributed by atoms with Crippen LogP contribution < -0.4 is 0 Å². The zero-order valence-corrected chi connectivity index (χ0v) is 9.22. The van der Waals surface area contributed by atoms with Gasteiger partial charge in [0, 0.05) is 12.5 Å². The van der Waals surface area contributed by atoms with E-state index in [9.17, 15) is 4.79 Å². The summed E-state index contributed by atoms with van der Waals surface area (Å²) in [5, 5.41) is 0. The highest BCUT2D eigenvalue weighted by molar-refractivity contribution is 5.84. The molecule has 1 aliphatic heterocycles. The second-order valence-corrected chi connectivity index (χ2v) is 3.94. The van der Waals surface area contributed by atoms with E-state index in [1.165, 1.54) is 0 Å². The Balaban J connectivity index is 2.03. The van der Waals surface area contributed by atoms with Crippen LogP contribution in [-0.2, 0) is 9.53 Å². The minimum atomic E-state index is -0.244. The molecule has 0 saturated carbocycles. The number of carbonyl (C=O) groups excluding carboxylic acids is 1. The third-order valence-electron chi connectivity index (χ3n) is 2.46. The van der Waals surface area contributed by atoms with Crippen LogP contribution in [0.2, 0.25) is 0 Å². The van der Waals surface area contributed by atoms with Gasteiger partial charge in [-0.3, -0.25) is 0 Å². The number of carbonyl (C=O) groups is 1. The monoisotopic (exact) mass is 214 g/mol. The molecule has 0 aliphatic carbocycles. The largest absolute Gasteiger partial charge is 0.455 e. The predicted molar refractivity (Wildman–Crippen MR) is 63.7 cm³/mol. The molecule has 1 atom stereocenters. The summed E-state index contributed by atoms with van der Waals surface area (Å²) < 4.78 is 5.18. The van der Waals surface area contributed by atoms with Crippen molar-refractivity contribution < 1.29 is 9.53 Å². The maximum Gasteiger partial charge on any atom is 0.331 e. The van der Waals surface area contributed by atoms with Crippen LogP contribution in [0.15, 0.2) is 48.1 Å². The van der Waals surface area contributed by atoms with Crippen molar-refractivity contribution in [1.82, 2.24) is 0 Å². The molecule has 0 amide bonds. The van der Waals surface area contributed by atoms with Crippen LogP contribution in [0.1, 0.15) is 18.9 Å². The van der Waals surface area contributed by atoms with Crippen molar-refractivity contribution >= 4 is 12.0 Å². The number of cyclic esters (lactones) is 1. The number of hydrogen-bond acceptors (Lipinski definition) is 2. The smallest absolute Gasteiger partial charge is 0.331 e. The lowest BCUT2D eigenvalue weighted by atomic mass is 10.1. The topological polar surface area (TPSA) is 26.3 Å². The van der Waals surface area contributed by atoms with Crippen molar-refractivity contribution in [2.45, 2.75) is 19.4 Å². The van der Waals surface area contributed by atoms with Crippen molar-refractivity contribution in [2.24, 2.45) is 0 Å². The normalized spacial score (nSPS) is 20.7. The Morgan fingerprint density at radius 3 is 2.75 bits per heavy atom. The van der Waals surface area contributed by atoms with Crippen molar-refractivity contribution in [3.63, 3.8) is 0 Å². The van der Waals surface area contributed by atoms with Gasteiger partial charge in [-0.1, -0.05) is 42.0 Å². The molecule has 0 fully saturated rings. The Labute approximate surface area is 95.2 Å². The van der Waals surface area contributed by atoms with Crippen LogP contribution in [0, 0.1) is 0 Å². The Morgan fingerprint density at radius 2 is 2.06 bits per heavy atom. The van der Waals surface area contributed by atoms with E-state index in [0.717, 1.165) is 17.6 Å². The van der Waals surface area contributed by atoms with Crippen molar-refractivity contribution in [3.05, 3.63) is 53.6 Å². The van der Waals surface area contributed by atoms with Crippen LogP contribution in [-0.4, -0.2) is 12.1 Å². The van der Waals surface area contributed by atoms with E-state index in [2.05, 4.69) is 0 Å². The molecule has 0 bridgehead atoms. The molecule has 16 heavy (non-hydrogen) atoms. The predicted octanol–water partition coefficient (Wildman–Crippen LogP) is 2.96. The number of rotatable bonds is 2. The fraction of sp³-hybridized carbons (Fsp3) is 0.214. The SMILES string of the molecule is CC1=CC(=O)OC(C=Cc2ccccc2)C1. The molecule has 1 aromatic carbocycles. The van der Waals surface area contributed by atoms with E-state index in [1.54, 1.807) is 6.08 Å². The molecule has 0 aromatic heterocycles. The molecule has 82 valence electrons. The third-order valence-corrected chi connectivity index (χ3v) is 2.46. The number of ether oxygens (including phenoxy) is 1. The molecule has 1 aromatic rings. The van der Waals surface area contributed by atoms with Gasteiger partial charge in [0.05, 0.1) is 0 Å². The van der Waals surface area contributed by atoms with Gasteiger partial charge in [0.1, 0.15) is 6.10 Å². The second kappa shape index (κ2) is 4.79. The molecular formula is C14H14O2. The minimum Gasteiger partial charge on any atom is -0.455 e. The van der Waals surface area contributed by atoms with Gasteiger partial charge in [-0.15, -0.1) is 0 Å². The van der Waals surface area contributed by atoms with Gasteiger partial charge < -0.3 is 4.74 Å². The molecule has 1 heterocycles. The number of esters is 1. The quantitative estimate of drug-likeness (QED) is 0.707. The van der Waals surface area contributed by atoms with Gasteiger partial charge in [-0.25, -0.2) is 4.79 Å². The summed E-state index contributed by atoms with van der Waals surface area (Å²) in [5.74, 6) is -0.244. The van der Waals surface area contributed by atoms with E-state index in [4.69, 9.17) is 4.74 Å². The highest BCUT2D eigenvalue weighted by Crippen LogP contribution is 2.16. The van der Waals surface area contributed by atoms with Gasteiger partial charge >= 0.3 is 5.97 Å². The second-order valence-electron chi connectivity index (χ2n) is 3.94. The molecule has 1 unspecified atom stereocenters. The van der Waals surface area contributed by atoms with Crippen molar-refractivity contribution in [1.29, 1.82) is 0 Å². The lowest BCUT2D eigenvalue weighted by Crippen LogP contribution is -2.19. The summed E-state index contributed by atoms with van der Waals surface area (Å²) in [6.45, 7) is 1.95. The van der Waals surface area contributed by atoms with Gasteiger partial charge in [0.25, 0.3) is 0 Å². The van der Waals surface area contributed by atoms with E-state index in [-0.39, 0.29) is 12.1 Å². The highest BCUT2D eigenvalue weighted by atomic mass is 16.5. The summed E-state index contributed by atoms with van der Waals surface area (Å²) in [5.41, 5.74) is 2.18. The van der Waals surface area contributed by atoms with E-state index in [1.807, 2.05) is 49.4 Å². The van der Waals surface area contributed by atoms with Crippen LogP contribution in [0.25, 0.3) is 6.08 Å². The lowest BCUT2D eigenvalue weighted by Gasteiger charge is -2.18. The summed E-state index contributed by atoms with van der Waals surface area (Å²) in [7, 11) is 0. The Kier molecular flexibility index (Phi) is 3.20. The first-order chi connectivity index (χ1) is 7.74. The van der Waals surface area contributed by atoms with Gasteiger partial charge in [0.2, 0.25) is 0 Å². The summed E-state index contributed by atoms with van der Waals surface area (Å²) >= 11 is 0. The zero-order valence-electron chi connectivity index (χ0n) is 9.22. The molecular weight excluding hydrogens is 200 g/mol. The molecule has 1 aliphatic rings. The fourth-order valence-corrected chi connectivity index (χ4v) is 1.69. The molecule has 0 N–H and O–H groups in total. The van der Waals surface area contributed by atoms with Crippen LogP contribution in [0.4, 0.5) is 0 Å². The van der Waals surface area contributed by atoms with Crippen molar-refractivity contribution in [3.8, 4) is 0 Å². The molecule has 0 radical (unpaired) electrons. The fourth-order valence-electron chi connectivity index (χ4n) is 1.69.